The molecule has 1 unspecified atom stereocenters. The van der Waals surface area contributed by atoms with Gasteiger partial charge in [-0.15, -0.1) is 35.3 Å². The van der Waals surface area contributed by atoms with Crippen LogP contribution in [0.3, 0.4) is 0 Å². The van der Waals surface area contributed by atoms with Gasteiger partial charge in [0, 0.05) is 45.2 Å². The summed E-state index contributed by atoms with van der Waals surface area (Å²) in [6.45, 7) is 3.89. The number of ether oxygens (including phenoxy) is 1. The molecular formula is C22H31IN4O2S. The topological polar surface area (TPSA) is 57.2 Å². The number of likely N-dealkylation sites (N-methyl/N-ethyl adjacent to an activating group) is 1. The molecule has 1 fully saturated rings. The number of hydrogen-bond donors (Lipinski definition) is 1. The van der Waals surface area contributed by atoms with Gasteiger partial charge in [0.25, 0.3) is 0 Å². The number of morpholine rings is 1. The van der Waals surface area contributed by atoms with E-state index in [2.05, 4.69) is 32.7 Å². The SMILES string of the molecule is CN=C(NCC(C(=O)N1CCOCC1)c1ccccc1)N(C)CCc1cccs1.I. The van der Waals surface area contributed by atoms with E-state index in [4.69, 9.17) is 4.74 Å². The largest absolute Gasteiger partial charge is 0.378 e. The second-order valence-corrected chi connectivity index (χ2v) is 8.11. The summed E-state index contributed by atoms with van der Waals surface area (Å²) in [6.07, 6.45) is 0.976. The quantitative estimate of drug-likeness (QED) is 0.332. The highest BCUT2D eigenvalue weighted by molar-refractivity contribution is 14.0. The van der Waals surface area contributed by atoms with Crippen molar-refractivity contribution in [2.75, 3.05) is 53.5 Å². The lowest BCUT2D eigenvalue weighted by atomic mass is 9.97. The van der Waals surface area contributed by atoms with Crippen LogP contribution in [0.2, 0.25) is 0 Å². The fourth-order valence-corrected chi connectivity index (χ4v) is 4.15. The lowest BCUT2D eigenvalue weighted by Gasteiger charge is -2.31. The predicted octanol–water partition coefficient (Wildman–Crippen LogP) is 3.06. The van der Waals surface area contributed by atoms with E-state index in [1.54, 1.807) is 18.4 Å². The second-order valence-electron chi connectivity index (χ2n) is 7.08. The Balaban J connectivity index is 0.00000320. The molecular weight excluding hydrogens is 511 g/mol. The fourth-order valence-electron chi connectivity index (χ4n) is 3.45. The number of nitrogens with zero attached hydrogens (tertiary/aromatic N) is 3. The third-order valence-electron chi connectivity index (χ3n) is 5.13. The molecule has 1 saturated heterocycles. The molecule has 1 aromatic heterocycles. The average Bonchev–Trinajstić information content (AvgIpc) is 3.30. The van der Waals surface area contributed by atoms with Crippen molar-refractivity contribution in [2.24, 2.45) is 4.99 Å². The maximum atomic E-state index is 13.2. The van der Waals surface area contributed by atoms with Crippen molar-refractivity contribution in [3.05, 3.63) is 58.3 Å². The fraction of sp³-hybridized carbons (Fsp3) is 0.455. The van der Waals surface area contributed by atoms with Crippen molar-refractivity contribution < 1.29 is 9.53 Å². The molecule has 164 valence electrons. The third-order valence-corrected chi connectivity index (χ3v) is 6.07. The van der Waals surface area contributed by atoms with Crippen LogP contribution in [0.25, 0.3) is 0 Å². The van der Waals surface area contributed by atoms with Crippen molar-refractivity contribution in [1.82, 2.24) is 15.1 Å². The normalized spacial score (nSPS) is 15.3. The number of aliphatic imine (C=N–C) groups is 1. The van der Waals surface area contributed by atoms with E-state index in [0.29, 0.717) is 32.8 Å². The Labute approximate surface area is 200 Å². The Bertz CT molecular complexity index is 780. The minimum Gasteiger partial charge on any atom is -0.378 e. The standard InChI is InChI=1S/C22H30N4O2S.HI/c1-23-22(25(2)11-10-19-9-6-16-29-19)24-17-20(18-7-4-3-5-8-18)21(27)26-12-14-28-15-13-26;/h3-9,16,20H,10-15,17H2,1-2H3,(H,23,24);1H. The summed E-state index contributed by atoms with van der Waals surface area (Å²) in [5.41, 5.74) is 1.02. The summed E-state index contributed by atoms with van der Waals surface area (Å²) >= 11 is 1.77. The number of carbonyl (C=O) groups is 1. The van der Waals surface area contributed by atoms with Crippen molar-refractivity contribution in [3.63, 3.8) is 0 Å². The first-order valence-electron chi connectivity index (χ1n) is 10.0. The van der Waals surface area contributed by atoms with Crippen LogP contribution in [0.1, 0.15) is 16.4 Å². The smallest absolute Gasteiger partial charge is 0.232 e. The lowest BCUT2D eigenvalue weighted by molar-refractivity contribution is -0.136. The first-order valence-corrected chi connectivity index (χ1v) is 10.9. The Morgan fingerprint density at radius 3 is 2.60 bits per heavy atom. The molecule has 2 aromatic rings. The molecule has 0 spiro atoms. The number of amides is 1. The second kappa shape index (κ2) is 12.9. The van der Waals surface area contributed by atoms with Gasteiger partial charge in [-0.05, 0) is 23.4 Å². The maximum absolute atomic E-state index is 13.2. The van der Waals surface area contributed by atoms with Gasteiger partial charge >= 0.3 is 0 Å². The van der Waals surface area contributed by atoms with Crippen molar-refractivity contribution >= 4 is 47.2 Å². The Kier molecular flexibility index (Phi) is 10.6. The first kappa shape index (κ1) is 24.6. The van der Waals surface area contributed by atoms with Crippen LogP contribution in [0, 0.1) is 0 Å². The van der Waals surface area contributed by atoms with Gasteiger partial charge in [-0.3, -0.25) is 9.79 Å². The minimum atomic E-state index is -0.253. The Morgan fingerprint density at radius 1 is 1.23 bits per heavy atom. The van der Waals surface area contributed by atoms with Crippen LogP contribution >= 0.6 is 35.3 Å². The Morgan fingerprint density at radius 2 is 1.97 bits per heavy atom. The molecule has 1 aliphatic rings. The first-order chi connectivity index (χ1) is 14.2. The summed E-state index contributed by atoms with van der Waals surface area (Å²) in [5, 5.41) is 5.52. The molecule has 1 atom stereocenters. The highest BCUT2D eigenvalue weighted by Crippen LogP contribution is 2.19. The molecule has 8 heteroatoms. The molecule has 0 bridgehead atoms. The molecule has 1 N–H and O–H groups in total. The van der Waals surface area contributed by atoms with Crippen LogP contribution in [-0.2, 0) is 16.0 Å². The van der Waals surface area contributed by atoms with Gasteiger partial charge in [0.1, 0.15) is 0 Å². The molecule has 1 aromatic carbocycles. The monoisotopic (exact) mass is 542 g/mol. The number of thiophene rings is 1. The van der Waals surface area contributed by atoms with Crippen molar-refractivity contribution in [1.29, 1.82) is 0 Å². The number of nitrogens with one attached hydrogen (secondary N) is 1. The van der Waals surface area contributed by atoms with Gasteiger partial charge in [0.15, 0.2) is 5.96 Å². The molecule has 6 nitrogen and oxygen atoms in total. The number of carbonyl (C=O) groups excluding carboxylic acids is 1. The van der Waals surface area contributed by atoms with Crippen LogP contribution in [0.5, 0.6) is 0 Å². The lowest BCUT2D eigenvalue weighted by Crippen LogP contribution is -2.47. The van der Waals surface area contributed by atoms with Gasteiger partial charge in [-0.1, -0.05) is 36.4 Å². The van der Waals surface area contributed by atoms with Crippen LogP contribution < -0.4 is 5.32 Å². The molecule has 2 heterocycles. The van der Waals surface area contributed by atoms with Crippen molar-refractivity contribution in [3.8, 4) is 0 Å². The summed E-state index contributed by atoms with van der Waals surface area (Å²) < 4.78 is 5.41. The van der Waals surface area contributed by atoms with E-state index in [1.165, 1.54) is 4.88 Å². The van der Waals surface area contributed by atoms with E-state index in [9.17, 15) is 4.79 Å². The molecule has 1 amide bonds. The number of hydrogen-bond acceptors (Lipinski definition) is 4. The van der Waals surface area contributed by atoms with Gasteiger partial charge in [0.2, 0.25) is 5.91 Å². The van der Waals surface area contributed by atoms with Gasteiger partial charge < -0.3 is 19.9 Å². The van der Waals surface area contributed by atoms with Crippen LogP contribution in [0.15, 0.2) is 52.8 Å². The van der Waals surface area contributed by atoms with Crippen LogP contribution in [-0.4, -0.2) is 75.2 Å². The van der Waals surface area contributed by atoms with E-state index in [1.807, 2.05) is 42.3 Å². The molecule has 0 aliphatic carbocycles. The predicted molar refractivity (Wildman–Crippen MR) is 134 cm³/mol. The number of halogens is 1. The summed E-state index contributed by atoms with van der Waals surface area (Å²) in [7, 11) is 3.82. The van der Waals surface area contributed by atoms with E-state index >= 15 is 0 Å². The zero-order chi connectivity index (χ0) is 20.5. The third kappa shape index (κ3) is 6.95. The zero-order valence-electron chi connectivity index (χ0n) is 17.6. The number of guanidine groups is 1. The number of benzene rings is 1. The highest BCUT2D eigenvalue weighted by Gasteiger charge is 2.27. The molecule has 0 saturated carbocycles. The van der Waals surface area contributed by atoms with Gasteiger partial charge in [-0.25, -0.2) is 0 Å². The van der Waals surface area contributed by atoms with Crippen molar-refractivity contribution in [2.45, 2.75) is 12.3 Å². The summed E-state index contributed by atoms with van der Waals surface area (Å²) in [5.74, 6) is 0.692. The van der Waals surface area contributed by atoms with Crippen LogP contribution in [0.4, 0.5) is 0 Å². The maximum Gasteiger partial charge on any atom is 0.232 e. The summed E-state index contributed by atoms with van der Waals surface area (Å²) in [6, 6.07) is 14.2. The highest BCUT2D eigenvalue weighted by atomic mass is 127. The van der Waals surface area contributed by atoms with Gasteiger partial charge in [0.05, 0.1) is 19.1 Å². The van der Waals surface area contributed by atoms with Gasteiger partial charge in [-0.2, -0.15) is 0 Å². The van der Waals surface area contributed by atoms with E-state index in [-0.39, 0.29) is 35.8 Å². The molecule has 0 radical (unpaired) electrons. The molecule has 3 rings (SSSR count). The zero-order valence-corrected chi connectivity index (χ0v) is 20.8. The number of rotatable bonds is 7. The molecule has 30 heavy (non-hydrogen) atoms. The Hall–Kier alpha value is -1.65. The average molecular weight is 542 g/mol. The summed E-state index contributed by atoms with van der Waals surface area (Å²) in [4.78, 5) is 23.0. The minimum absolute atomic E-state index is 0. The molecule has 1 aliphatic heterocycles. The van der Waals surface area contributed by atoms with E-state index < -0.39 is 0 Å². The van der Waals surface area contributed by atoms with E-state index in [0.717, 1.165) is 24.5 Å².